The number of carbonyl (C=O) groups excluding carboxylic acids is 1. The van der Waals surface area contributed by atoms with Crippen LogP contribution < -0.4 is 11.1 Å². The zero-order valence-corrected chi connectivity index (χ0v) is 13.2. The second-order valence-electron chi connectivity index (χ2n) is 5.31. The number of halogens is 1. The number of nitrogens with one attached hydrogen (secondary N) is 1. The Morgan fingerprint density at radius 3 is 3.10 bits per heavy atom. The number of amides is 1. The van der Waals surface area contributed by atoms with Gasteiger partial charge >= 0.3 is 0 Å². The van der Waals surface area contributed by atoms with Gasteiger partial charge in [0, 0.05) is 21.5 Å². The molecule has 1 aliphatic carbocycles. The topological polar surface area (TPSA) is 68.0 Å². The Kier molecular flexibility index (Phi) is 3.97. The van der Waals surface area contributed by atoms with E-state index in [1.54, 1.807) is 12.1 Å². The first-order valence-corrected chi connectivity index (χ1v) is 8.04. The minimum Gasteiger partial charge on any atom is -0.327 e. The smallest absolute Gasteiger partial charge is 0.257 e. The lowest BCUT2D eigenvalue weighted by Gasteiger charge is -2.15. The van der Waals surface area contributed by atoms with Gasteiger partial charge in [0.15, 0.2) is 5.13 Å². The van der Waals surface area contributed by atoms with Gasteiger partial charge in [0.2, 0.25) is 0 Å². The summed E-state index contributed by atoms with van der Waals surface area (Å²) in [6.07, 6.45) is 2.69. The Bertz CT molecular complexity index is 698. The molecule has 1 aliphatic rings. The molecule has 3 rings (SSSR count). The SMILES string of the molecule is Cc1ccc(C(=O)Nc2nc3c(s2)C[C@@H](N)CC3)cc1Cl. The second-order valence-corrected chi connectivity index (χ2v) is 6.80. The van der Waals surface area contributed by atoms with Crippen LogP contribution >= 0.6 is 22.9 Å². The van der Waals surface area contributed by atoms with Crippen molar-refractivity contribution in [3.05, 3.63) is 44.9 Å². The minimum atomic E-state index is -0.188. The van der Waals surface area contributed by atoms with Crippen molar-refractivity contribution in [3.8, 4) is 0 Å². The van der Waals surface area contributed by atoms with Crippen LogP contribution in [0.3, 0.4) is 0 Å². The zero-order valence-electron chi connectivity index (χ0n) is 11.6. The van der Waals surface area contributed by atoms with Crippen molar-refractivity contribution in [1.29, 1.82) is 0 Å². The predicted octanol–water partition coefficient (Wildman–Crippen LogP) is 3.17. The lowest BCUT2D eigenvalue weighted by Crippen LogP contribution is -2.27. The third-order valence-corrected chi connectivity index (χ3v) is 5.07. The van der Waals surface area contributed by atoms with Crippen LogP contribution in [-0.2, 0) is 12.8 Å². The van der Waals surface area contributed by atoms with Crippen molar-refractivity contribution in [1.82, 2.24) is 4.98 Å². The van der Waals surface area contributed by atoms with Crippen molar-refractivity contribution in [2.45, 2.75) is 32.2 Å². The number of rotatable bonds is 2. The highest BCUT2D eigenvalue weighted by molar-refractivity contribution is 7.15. The number of benzene rings is 1. The first-order chi connectivity index (χ1) is 10.0. The Morgan fingerprint density at radius 1 is 1.52 bits per heavy atom. The van der Waals surface area contributed by atoms with Crippen LogP contribution in [-0.4, -0.2) is 16.9 Å². The summed E-state index contributed by atoms with van der Waals surface area (Å²) in [5.74, 6) is -0.188. The van der Waals surface area contributed by atoms with Gasteiger partial charge < -0.3 is 5.73 Å². The van der Waals surface area contributed by atoms with E-state index >= 15 is 0 Å². The molecule has 1 aromatic carbocycles. The van der Waals surface area contributed by atoms with Crippen LogP contribution in [0.5, 0.6) is 0 Å². The number of nitrogens with two attached hydrogens (primary N) is 1. The largest absolute Gasteiger partial charge is 0.327 e. The van der Waals surface area contributed by atoms with Gasteiger partial charge in [-0.1, -0.05) is 17.7 Å². The average molecular weight is 322 g/mol. The maximum absolute atomic E-state index is 12.2. The molecule has 0 saturated heterocycles. The van der Waals surface area contributed by atoms with Crippen LogP contribution in [0.25, 0.3) is 0 Å². The first kappa shape index (κ1) is 14.5. The quantitative estimate of drug-likeness (QED) is 0.892. The van der Waals surface area contributed by atoms with Gasteiger partial charge in [-0.05, 0) is 43.9 Å². The van der Waals surface area contributed by atoms with Crippen LogP contribution in [0, 0.1) is 6.92 Å². The highest BCUT2D eigenvalue weighted by Crippen LogP contribution is 2.29. The number of nitrogens with zero attached hydrogens (tertiary/aromatic N) is 1. The number of carbonyl (C=O) groups is 1. The molecule has 1 aromatic heterocycles. The summed E-state index contributed by atoms with van der Waals surface area (Å²) in [6.45, 7) is 1.90. The van der Waals surface area contributed by atoms with Crippen molar-refractivity contribution in [3.63, 3.8) is 0 Å². The summed E-state index contributed by atoms with van der Waals surface area (Å²) in [6, 6.07) is 5.48. The molecule has 0 spiro atoms. The van der Waals surface area contributed by atoms with E-state index in [0.717, 1.165) is 30.5 Å². The fourth-order valence-corrected chi connectivity index (χ4v) is 3.63. The molecule has 0 bridgehead atoms. The standard InChI is InChI=1S/C15H16ClN3OS/c1-8-2-3-9(6-11(8)16)14(20)19-15-18-12-5-4-10(17)7-13(12)21-15/h2-3,6,10H,4-5,7,17H2,1H3,(H,18,19,20)/t10-/m0/s1. The van der Waals surface area contributed by atoms with Gasteiger partial charge in [0.25, 0.3) is 5.91 Å². The van der Waals surface area contributed by atoms with E-state index in [1.807, 2.05) is 13.0 Å². The second kappa shape index (κ2) is 5.75. The lowest BCUT2D eigenvalue weighted by molar-refractivity contribution is 0.102. The normalized spacial score (nSPS) is 17.4. The van der Waals surface area contributed by atoms with E-state index in [4.69, 9.17) is 17.3 Å². The van der Waals surface area contributed by atoms with Crippen molar-refractivity contribution < 1.29 is 4.79 Å². The van der Waals surface area contributed by atoms with E-state index in [-0.39, 0.29) is 11.9 Å². The van der Waals surface area contributed by atoms with Crippen LogP contribution in [0.2, 0.25) is 5.02 Å². The molecule has 0 fully saturated rings. The van der Waals surface area contributed by atoms with E-state index in [0.29, 0.717) is 15.7 Å². The molecule has 1 amide bonds. The van der Waals surface area contributed by atoms with E-state index in [1.165, 1.54) is 16.2 Å². The molecule has 0 radical (unpaired) electrons. The molecule has 21 heavy (non-hydrogen) atoms. The van der Waals surface area contributed by atoms with Crippen molar-refractivity contribution in [2.75, 3.05) is 5.32 Å². The summed E-state index contributed by atoms with van der Waals surface area (Å²) < 4.78 is 0. The molecule has 0 saturated carbocycles. The molecule has 4 nitrogen and oxygen atoms in total. The summed E-state index contributed by atoms with van der Waals surface area (Å²) in [7, 11) is 0. The summed E-state index contributed by atoms with van der Waals surface area (Å²) in [5, 5.41) is 4.07. The Morgan fingerprint density at radius 2 is 2.33 bits per heavy atom. The molecule has 1 heterocycles. The van der Waals surface area contributed by atoms with Crippen LogP contribution in [0.4, 0.5) is 5.13 Å². The number of thiazole rings is 1. The number of anilines is 1. The lowest BCUT2D eigenvalue weighted by atomic mass is 9.99. The highest BCUT2D eigenvalue weighted by atomic mass is 35.5. The third-order valence-electron chi connectivity index (χ3n) is 3.63. The summed E-state index contributed by atoms with van der Waals surface area (Å²) >= 11 is 7.57. The number of aromatic nitrogens is 1. The average Bonchev–Trinajstić information content (AvgIpc) is 2.83. The molecular formula is C15H16ClN3OS. The van der Waals surface area contributed by atoms with Crippen LogP contribution in [0.1, 0.15) is 32.9 Å². The predicted molar refractivity (Wildman–Crippen MR) is 86.3 cm³/mol. The van der Waals surface area contributed by atoms with Crippen molar-refractivity contribution >= 4 is 34.0 Å². The Balaban J connectivity index is 1.77. The van der Waals surface area contributed by atoms with Crippen LogP contribution in [0.15, 0.2) is 18.2 Å². The van der Waals surface area contributed by atoms with Gasteiger partial charge in [-0.15, -0.1) is 11.3 Å². The van der Waals surface area contributed by atoms with E-state index < -0.39 is 0 Å². The number of fused-ring (bicyclic) bond motifs is 1. The fraction of sp³-hybridized carbons (Fsp3) is 0.333. The zero-order chi connectivity index (χ0) is 15.0. The summed E-state index contributed by atoms with van der Waals surface area (Å²) in [4.78, 5) is 17.9. The molecule has 0 aliphatic heterocycles. The van der Waals surface area contributed by atoms with Gasteiger partial charge in [0.05, 0.1) is 5.69 Å². The first-order valence-electron chi connectivity index (χ1n) is 6.84. The monoisotopic (exact) mass is 321 g/mol. The molecule has 0 unspecified atom stereocenters. The van der Waals surface area contributed by atoms with Gasteiger partial charge in [-0.25, -0.2) is 4.98 Å². The van der Waals surface area contributed by atoms with Gasteiger partial charge in [-0.3, -0.25) is 10.1 Å². The van der Waals surface area contributed by atoms with E-state index in [9.17, 15) is 4.79 Å². The Hall–Kier alpha value is -1.43. The molecular weight excluding hydrogens is 306 g/mol. The highest BCUT2D eigenvalue weighted by Gasteiger charge is 2.21. The maximum Gasteiger partial charge on any atom is 0.257 e. The molecule has 1 atom stereocenters. The molecule has 3 N–H and O–H groups in total. The number of aryl methyl sites for hydroxylation is 2. The maximum atomic E-state index is 12.2. The fourth-order valence-electron chi connectivity index (χ4n) is 2.36. The summed E-state index contributed by atoms with van der Waals surface area (Å²) in [5.41, 5.74) is 8.52. The molecule has 6 heteroatoms. The van der Waals surface area contributed by atoms with Gasteiger partial charge in [0.1, 0.15) is 0 Å². The molecule has 110 valence electrons. The Labute approximate surface area is 132 Å². The molecule has 2 aromatic rings. The number of hydrogen-bond donors (Lipinski definition) is 2. The third kappa shape index (κ3) is 3.10. The number of hydrogen-bond acceptors (Lipinski definition) is 4. The van der Waals surface area contributed by atoms with Crippen molar-refractivity contribution in [2.24, 2.45) is 5.73 Å². The minimum absolute atomic E-state index is 0.188. The van der Waals surface area contributed by atoms with E-state index in [2.05, 4.69) is 10.3 Å². The van der Waals surface area contributed by atoms with Gasteiger partial charge in [-0.2, -0.15) is 0 Å².